The van der Waals surface area contributed by atoms with E-state index in [1.165, 1.54) is 4.88 Å². The summed E-state index contributed by atoms with van der Waals surface area (Å²) in [7, 11) is 0. The van der Waals surface area contributed by atoms with E-state index in [9.17, 15) is 0 Å². The van der Waals surface area contributed by atoms with Gasteiger partial charge in [0.1, 0.15) is 5.38 Å². The van der Waals surface area contributed by atoms with Gasteiger partial charge in [0, 0.05) is 9.35 Å². The zero-order chi connectivity index (χ0) is 11.5. The van der Waals surface area contributed by atoms with Gasteiger partial charge in [-0.05, 0) is 34.3 Å². The van der Waals surface area contributed by atoms with E-state index < -0.39 is 0 Å². The maximum atomic E-state index is 5.81. The molecule has 0 aliphatic carbocycles. The second-order valence-electron chi connectivity index (χ2n) is 3.11. The molecule has 2 heterocycles. The van der Waals surface area contributed by atoms with Crippen LogP contribution >= 0.6 is 38.9 Å². The number of nitrogens with zero attached hydrogens (tertiary/aromatic N) is 2. The lowest BCUT2D eigenvalue weighted by atomic mass is 10.5. The van der Waals surface area contributed by atoms with Crippen LogP contribution < -0.4 is 5.32 Å². The maximum Gasteiger partial charge on any atom is 0.315 e. The molecule has 0 amide bonds. The minimum absolute atomic E-state index is 0.267. The molecule has 4 nitrogen and oxygen atoms in total. The van der Waals surface area contributed by atoms with Crippen molar-refractivity contribution in [3.8, 4) is 0 Å². The van der Waals surface area contributed by atoms with E-state index in [1.54, 1.807) is 18.3 Å². The zero-order valence-corrected chi connectivity index (χ0v) is 11.6. The largest absolute Gasteiger partial charge is 0.406 e. The van der Waals surface area contributed by atoms with Gasteiger partial charge >= 0.3 is 6.01 Å². The Bertz CT molecular complexity index is 471. The molecule has 7 heteroatoms. The summed E-state index contributed by atoms with van der Waals surface area (Å²) < 4.78 is 6.39. The van der Waals surface area contributed by atoms with Crippen molar-refractivity contribution in [2.24, 2.45) is 0 Å². The number of anilines is 1. The molecular formula is C9H9BrClN3OS. The summed E-state index contributed by atoms with van der Waals surface area (Å²) in [6.07, 6.45) is 0. The minimum Gasteiger partial charge on any atom is -0.406 e. The Morgan fingerprint density at radius 3 is 3.00 bits per heavy atom. The highest BCUT2D eigenvalue weighted by Gasteiger charge is 2.11. The number of nitrogens with one attached hydrogen (secondary N) is 1. The van der Waals surface area contributed by atoms with Crippen LogP contribution in [0.5, 0.6) is 0 Å². The van der Waals surface area contributed by atoms with Crippen molar-refractivity contribution in [2.75, 3.05) is 5.32 Å². The molecule has 86 valence electrons. The number of aromatic nitrogens is 2. The van der Waals surface area contributed by atoms with Gasteiger partial charge in [-0.25, -0.2) is 0 Å². The summed E-state index contributed by atoms with van der Waals surface area (Å²) >= 11 is 10.9. The number of alkyl halides is 1. The van der Waals surface area contributed by atoms with Crippen LogP contribution in [0.2, 0.25) is 0 Å². The van der Waals surface area contributed by atoms with E-state index in [-0.39, 0.29) is 5.38 Å². The quantitative estimate of drug-likeness (QED) is 0.870. The predicted octanol–water partition coefficient (Wildman–Crippen LogP) is 3.81. The van der Waals surface area contributed by atoms with Crippen molar-refractivity contribution in [3.63, 3.8) is 0 Å². The minimum atomic E-state index is -0.267. The molecular weight excluding hydrogens is 314 g/mol. The molecule has 1 N–H and O–H groups in total. The summed E-state index contributed by atoms with van der Waals surface area (Å²) in [6.45, 7) is 2.44. The summed E-state index contributed by atoms with van der Waals surface area (Å²) in [4.78, 5) is 1.18. The summed E-state index contributed by atoms with van der Waals surface area (Å²) in [5.74, 6) is 0.425. The van der Waals surface area contributed by atoms with Crippen molar-refractivity contribution in [1.82, 2.24) is 10.2 Å². The smallest absolute Gasteiger partial charge is 0.315 e. The van der Waals surface area contributed by atoms with Crippen molar-refractivity contribution < 1.29 is 4.42 Å². The summed E-state index contributed by atoms with van der Waals surface area (Å²) in [5.41, 5.74) is 0. The van der Waals surface area contributed by atoms with Crippen molar-refractivity contribution in [3.05, 3.63) is 26.7 Å². The number of thiophene rings is 1. The van der Waals surface area contributed by atoms with Gasteiger partial charge in [-0.1, -0.05) is 5.10 Å². The Labute approximate surface area is 110 Å². The Morgan fingerprint density at radius 2 is 2.44 bits per heavy atom. The van der Waals surface area contributed by atoms with E-state index in [1.807, 2.05) is 11.4 Å². The lowest BCUT2D eigenvalue weighted by molar-refractivity contribution is 0.506. The first kappa shape index (κ1) is 11.9. The zero-order valence-electron chi connectivity index (χ0n) is 8.41. The number of hydrogen-bond donors (Lipinski definition) is 1. The third-order valence-corrected chi connectivity index (χ3v) is 3.99. The maximum absolute atomic E-state index is 5.81. The van der Waals surface area contributed by atoms with Crippen LogP contribution in [0.1, 0.15) is 23.1 Å². The van der Waals surface area contributed by atoms with E-state index in [2.05, 4.69) is 31.4 Å². The number of halogens is 2. The van der Waals surface area contributed by atoms with Gasteiger partial charge in [-0.3, -0.25) is 0 Å². The van der Waals surface area contributed by atoms with E-state index >= 15 is 0 Å². The predicted molar refractivity (Wildman–Crippen MR) is 67.9 cm³/mol. The van der Waals surface area contributed by atoms with Gasteiger partial charge in [0.25, 0.3) is 0 Å². The van der Waals surface area contributed by atoms with Crippen molar-refractivity contribution in [1.29, 1.82) is 0 Å². The van der Waals surface area contributed by atoms with E-state index in [0.29, 0.717) is 18.5 Å². The molecule has 0 aliphatic rings. The molecule has 0 saturated carbocycles. The summed E-state index contributed by atoms with van der Waals surface area (Å²) in [5, 5.41) is 12.5. The van der Waals surface area contributed by atoms with Crippen molar-refractivity contribution >= 4 is 44.9 Å². The van der Waals surface area contributed by atoms with Gasteiger partial charge in [0.15, 0.2) is 0 Å². The molecule has 0 spiro atoms. The molecule has 2 aromatic rings. The third-order valence-electron chi connectivity index (χ3n) is 1.87. The fourth-order valence-electron chi connectivity index (χ4n) is 1.07. The highest BCUT2D eigenvalue weighted by Crippen LogP contribution is 2.24. The molecule has 1 atom stereocenters. The van der Waals surface area contributed by atoms with Crippen LogP contribution in [-0.4, -0.2) is 10.2 Å². The normalized spacial score (nSPS) is 12.7. The van der Waals surface area contributed by atoms with Gasteiger partial charge in [-0.15, -0.1) is 28.0 Å². The topological polar surface area (TPSA) is 51.0 Å². The van der Waals surface area contributed by atoms with E-state index in [0.717, 1.165) is 4.47 Å². The fourth-order valence-corrected chi connectivity index (χ4v) is 2.59. The first-order chi connectivity index (χ1) is 7.66. The Balaban J connectivity index is 1.97. The average molecular weight is 323 g/mol. The van der Waals surface area contributed by atoms with Crippen LogP contribution in [0.3, 0.4) is 0 Å². The molecule has 1 unspecified atom stereocenters. The van der Waals surface area contributed by atoms with E-state index in [4.69, 9.17) is 16.0 Å². The molecule has 0 aromatic carbocycles. The first-order valence-corrected chi connectivity index (χ1v) is 6.71. The highest BCUT2D eigenvalue weighted by molar-refractivity contribution is 9.10. The molecule has 0 radical (unpaired) electrons. The standard InChI is InChI=1S/C9H9BrClN3OS/c1-5(11)8-13-14-9(15-8)12-4-7-6(10)2-3-16-7/h2-3,5H,4H2,1H3,(H,12,14). The van der Waals surface area contributed by atoms with Gasteiger partial charge in [-0.2, -0.15) is 0 Å². The SMILES string of the molecule is CC(Cl)c1nnc(NCc2sccc2Br)o1. The molecule has 0 fully saturated rings. The molecule has 0 bridgehead atoms. The number of hydrogen-bond acceptors (Lipinski definition) is 5. The molecule has 0 saturated heterocycles. The molecule has 2 aromatic heterocycles. The van der Waals surface area contributed by atoms with Crippen molar-refractivity contribution in [2.45, 2.75) is 18.8 Å². The van der Waals surface area contributed by atoms with Crippen LogP contribution in [0.25, 0.3) is 0 Å². The third kappa shape index (κ3) is 2.75. The lowest BCUT2D eigenvalue weighted by Gasteiger charge is -1.99. The van der Waals surface area contributed by atoms with Crippen LogP contribution in [0.4, 0.5) is 6.01 Å². The van der Waals surface area contributed by atoms with Crippen LogP contribution in [0.15, 0.2) is 20.3 Å². The second-order valence-corrected chi connectivity index (χ2v) is 5.62. The van der Waals surface area contributed by atoms with Gasteiger partial charge < -0.3 is 9.73 Å². The van der Waals surface area contributed by atoms with Crippen LogP contribution in [0, 0.1) is 0 Å². The molecule has 16 heavy (non-hydrogen) atoms. The monoisotopic (exact) mass is 321 g/mol. The van der Waals surface area contributed by atoms with Gasteiger partial charge in [0.2, 0.25) is 5.89 Å². The Hall–Kier alpha value is -0.590. The molecule has 2 rings (SSSR count). The number of rotatable bonds is 4. The first-order valence-electron chi connectivity index (χ1n) is 4.60. The molecule has 0 aliphatic heterocycles. The Morgan fingerprint density at radius 1 is 1.62 bits per heavy atom. The highest BCUT2D eigenvalue weighted by atomic mass is 79.9. The summed E-state index contributed by atoms with van der Waals surface area (Å²) in [6, 6.07) is 2.39. The Kier molecular flexibility index (Phi) is 3.83. The van der Waals surface area contributed by atoms with Gasteiger partial charge in [0.05, 0.1) is 6.54 Å². The van der Waals surface area contributed by atoms with Crippen LogP contribution in [-0.2, 0) is 6.54 Å². The average Bonchev–Trinajstić information content (AvgIpc) is 2.83. The second kappa shape index (κ2) is 5.16. The fraction of sp³-hybridized carbons (Fsp3) is 0.333. The lowest BCUT2D eigenvalue weighted by Crippen LogP contribution is -1.97.